The van der Waals surface area contributed by atoms with Crippen LogP contribution in [-0.4, -0.2) is 45.5 Å². The Kier molecular flexibility index (Phi) is 5.41. The highest BCUT2D eigenvalue weighted by molar-refractivity contribution is 7.92. The van der Waals surface area contributed by atoms with Crippen LogP contribution in [0.3, 0.4) is 0 Å². The summed E-state index contributed by atoms with van der Waals surface area (Å²) in [5.41, 5.74) is -5.33. The number of benzene rings is 1. The minimum absolute atomic E-state index is 0.0330. The molecule has 0 aromatic heterocycles. The number of nitrogens with zero attached hydrogens (tertiary/aromatic N) is 1. The van der Waals surface area contributed by atoms with E-state index in [0.29, 0.717) is 13.1 Å². The summed E-state index contributed by atoms with van der Waals surface area (Å²) in [5, 5.41) is 2.74. The van der Waals surface area contributed by atoms with Crippen molar-refractivity contribution in [2.45, 2.75) is 17.3 Å². The van der Waals surface area contributed by atoms with E-state index in [4.69, 9.17) is 0 Å². The molecule has 0 spiro atoms. The van der Waals surface area contributed by atoms with Crippen LogP contribution in [0.2, 0.25) is 0 Å². The second kappa shape index (κ2) is 6.45. The molecule has 1 rings (SSSR count). The van der Waals surface area contributed by atoms with Crippen LogP contribution in [0.4, 0.5) is 18.9 Å². The molecule has 0 aliphatic rings. The van der Waals surface area contributed by atoms with Crippen molar-refractivity contribution in [3.63, 3.8) is 0 Å². The van der Waals surface area contributed by atoms with Gasteiger partial charge in [-0.25, -0.2) is 8.42 Å². The zero-order valence-electron chi connectivity index (χ0n) is 11.2. The zero-order chi connectivity index (χ0) is 15.4. The molecule has 0 aliphatic carbocycles. The zero-order valence-corrected chi connectivity index (χ0v) is 12.1. The number of hydrogen-bond donors (Lipinski definition) is 1. The van der Waals surface area contributed by atoms with E-state index < -0.39 is 20.2 Å². The standard InChI is InChI=1S/C12H17F3N2O2S/c1-3-17(2)9-8-16-10-6-4-5-7-11(10)20(18,19)12(13,14)15/h4-7,16H,3,8-9H2,1-2H3. The number of anilines is 1. The molecule has 0 heterocycles. The topological polar surface area (TPSA) is 49.4 Å². The monoisotopic (exact) mass is 310 g/mol. The van der Waals surface area contributed by atoms with Crippen LogP contribution in [0, 0.1) is 0 Å². The number of alkyl halides is 3. The lowest BCUT2D eigenvalue weighted by Crippen LogP contribution is -2.27. The average Bonchev–Trinajstić information content (AvgIpc) is 2.37. The molecular formula is C12H17F3N2O2S. The second-order valence-corrected chi connectivity index (χ2v) is 6.18. The van der Waals surface area contributed by atoms with E-state index in [2.05, 4.69) is 5.32 Å². The molecule has 0 fully saturated rings. The first-order chi connectivity index (χ1) is 9.20. The number of rotatable bonds is 6. The largest absolute Gasteiger partial charge is 0.501 e. The molecule has 4 nitrogen and oxygen atoms in total. The Morgan fingerprint density at radius 2 is 1.85 bits per heavy atom. The highest BCUT2D eigenvalue weighted by Gasteiger charge is 2.47. The molecule has 1 aromatic rings. The summed E-state index contributed by atoms with van der Waals surface area (Å²) in [6, 6.07) is 5.03. The molecule has 1 N–H and O–H groups in total. The van der Waals surface area contributed by atoms with Gasteiger partial charge in [-0.1, -0.05) is 19.1 Å². The molecular weight excluding hydrogens is 293 g/mol. The number of sulfone groups is 1. The van der Waals surface area contributed by atoms with Gasteiger partial charge in [0.05, 0.1) is 10.6 Å². The van der Waals surface area contributed by atoms with Crippen LogP contribution in [0.25, 0.3) is 0 Å². The summed E-state index contributed by atoms with van der Waals surface area (Å²) < 4.78 is 60.6. The molecule has 8 heteroatoms. The fourth-order valence-electron chi connectivity index (χ4n) is 1.51. The number of nitrogens with one attached hydrogen (secondary N) is 1. The van der Waals surface area contributed by atoms with Crippen LogP contribution in [0.15, 0.2) is 29.2 Å². The summed E-state index contributed by atoms with van der Waals surface area (Å²) in [5.74, 6) is 0. The Morgan fingerprint density at radius 3 is 2.40 bits per heavy atom. The van der Waals surface area contributed by atoms with Gasteiger partial charge in [-0.15, -0.1) is 0 Å². The normalized spacial score (nSPS) is 12.7. The molecule has 0 atom stereocenters. The Morgan fingerprint density at radius 1 is 1.25 bits per heavy atom. The van der Waals surface area contributed by atoms with Crippen molar-refractivity contribution < 1.29 is 21.6 Å². The first-order valence-corrected chi connectivity index (χ1v) is 7.51. The number of likely N-dealkylation sites (N-methyl/N-ethyl adjacent to an activating group) is 1. The Hall–Kier alpha value is -1.28. The van der Waals surface area contributed by atoms with Gasteiger partial charge in [0.15, 0.2) is 0 Å². The highest BCUT2D eigenvalue weighted by Crippen LogP contribution is 2.34. The lowest BCUT2D eigenvalue weighted by molar-refractivity contribution is -0.0435. The van der Waals surface area contributed by atoms with Gasteiger partial charge in [-0.2, -0.15) is 13.2 Å². The molecule has 20 heavy (non-hydrogen) atoms. The Bertz CT molecular complexity index is 544. The second-order valence-electron chi connectivity index (χ2n) is 4.27. The summed E-state index contributed by atoms with van der Waals surface area (Å²) in [4.78, 5) is 1.21. The molecule has 0 amide bonds. The summed E-state index contributed by atoms with van der Waals surface area (Å²) >= 11 is 0. The third-order valence-corrected chi connectivity index (χ3v) is 4.37. The van der Waals surface area contributed by atoms with Gasteiger partial charge in [-0.3, -0.25) is 0 Å². The van der Waals surface area contributed by atoms with E-state index in [1.807, 2.05) is 18.9 Å². The van der Waals surface area contributed by atoms with Crippen LogP contribution in [-0.2, 0) is 9.84 Å². The molecule has 0 radical (unpaired) electrons. The van der Waals surface area contributed by atoms with E-state index >= 15 is 0 Å². The maximum Gasteiger partial charge on any atom is 0.501 e. The third kappa shape index (κ3) is 3.86. The van der Waals surface area contributed by atoms with Crippen molar-refractivity contribution in [1.82, 2.24) is 4.90 Å². The number of para-hydroxylation sites is 1. The molecule has 114 valence electrons. The van der Waals surface area contributed by atoms with E-state index in [0.717, 1.165) is 12.6 Å². The van der Waals surface area contributed by atoms with E-state index in [9.17, 15) is 21.6 Å². The lowest BCUT2D eigenvalue weighted by atomic mass is 10.3. The van der Waals surface area contributed by atoms with Crippen LogP contribution in [0.5, 0.6) is 0 Å². The molecule has 0 unspecified atom stereocenters. The molecule has 0 bridgehead atoms. The summed E-state index contributed by atoms with van der Waals surface area (Å²) in [6.07, 6.45) is 0. The maximum atomic E-state index is 12.6. The van der Waals surface area contributed by atoms with Gasteiger partial charge in [0.25, 0.3) is 9.84 Å². The molecule has 1 aromatic carbocycles. The fraction of sp³-hybridized carbons (Fsp3) is 0.500. The van der Waals surface area contributed by atoms with Gasteiger partial charge < -0.3 is 10.2 Å². The predicted octanol–water partition coefficient (Wildman–Crippen LogP) is 2.34. The SMILES string of the molecule is CCN(C)CCNc1ccccc1S(=O)(=O)C(F)(F)F. The summed E-state index contributed by atoms with van der Waals surface area (Å²) in [6.45, 7) is 3.69. The summed E-state index contributed by atoms with van der Waals surface area (Å²) in [7, 11) is -3.48. The van der Waals surface area contributed by atoms with Crippen molar-refractivity contribution in [2.24, 2.45) is 0 Å². The molecule has 0 saturated heterocycles. The van der Waals surface area contributed by atoms with Crippen LogP contribution < -0.4 is 5.32 Å². The van der Waals surface area contributed by atoms with Gasteiger partial charge in [0.2, 0.25) is 0 Å². The van der Waals surface area contributed by atoms with Crippen molar-refractivity contribution in [2.75, 3.05) is 32.0 Å². The van der Waals surface area contributed by atoms with E-state index in [-0.39, 0.29) is 5.69 Å². The molecule has 0 aliphatic heterocycles. The van der Waals surface area contributed by atoms with Gasteiger partial charge >= 0.3 is 5.51 Å². The first kappa shape index (κ1) is 16.8. The van der Waals surface area contributed by atoms with Gasteiger partial charge in [-0.05, 0) is 25.7 Å². The number of hydrogen-bond acceptors (Lipinski definition) is 4. The van der Waals surface area contributed by atoms with Crippen molar-refractivity contribution in [3.8, 4) is 0 Å². The average molecular weight is 310 g/mol. The Labute approximate surface area is 116 Å². The third-order valence-electron chi connectivity index (χ3n) is 2.83. The van der Waals surface area contributed by atoms with E-state index in [1.54, 1.807) is 0 Å². The minimum atomic E-state index is -5.34. The van der Waals surface area contributed by atoms with E-state index in [1.165, 1.54) is 18.2 Å². The maximum absolute atomic E-state index is 12.6. The lowest BCUT2D eigenvalue weighted by Gasteiger charge is -2.17. The van der Waals surface area contributed by atoms with Gasteiger partial charge in [0, 0.05) is 13.1 Å². The van der Waals surface area contributed by atoms with Gasteiger partial charge in [0.1, 0.15) is 0 Å². The number of halogens is 3. The van der Waals surface area contributed by atoms with Crippen LogP contribution >= 0.6 is 0 Å². The predicted molar refractivity (Wildman–Crippen MR) is 71.3 cm³/mol. The smallest absolute Gasteiger partial charge is 0.383 e. The molecule has 0 saturated carbocycles. The van der Waals surface area contributed by atoms with Crippen LogP contribution in [0.1, 0.15) is 6.92 Å². The quantitative estimate of drug-likeness (QED) is 0.876. The van der Waals surface area contributed by atoms with Crippen molar-refractivity contribution >= 4 is 15.5 Å². The Balaban J connectivity index is 2.95. The fourth-order valence-corrected chi connectivity index (χ4v) is 2.45. The minimum Gasteiger partial charge on any atom is -0.383 e. The van der Waals surface area contributed by atoms with Crippen molar-refractivity contribution in [1.29, 1.82) is 0 Å². The highest BCUT2D eigenvalue weighted by atomic mass is 32.2. The first-order valence-electron chi connectivity index (χ1n) is 6.03. The van der Waals surface area contributed by atoms with Crippen molar-refractivity contribution in [3.05, 3.63) is 24.3 Å².